The molecule has 592 valence electrons. The van der Waals surface area contributed by atoms with Gasteiger partial charge < -0.3 is 91.1 Å². The molecule has 32 nitrogen and oxygen atoms in total. The predicted octanol–water partition coefficient (Wildman–Crippen LogP) is 5.11. The van der Waals surface area contributed by atoms with Crippen molar-refractivity contribution in [2.24, 2.45) is 35.3 Å². The van der Waals surface area contributed by atoms with E-state index in [0.29, 0.717) is 68.9 Å². The second kappa shape index (κ2) is 36.5. The zero-order valence-electron chi connectivity index (χ0n) is 63.6. The number of primary amides is 1. The third kappa shape index (κ3) is 19.5. The molecule has 0 aliphatic carbocycles. The molecule has 4 bridgehead atoms. The molecule has 4 aliphatic rings. The zero-order chi connectivity index (χ0) is 80.2. The number of rotatable bonds is 24. The van der Waals surface area contributed by atoms with Gasteiger partial charge in [-0.3, -0.25) is 53.0 Å². The van der Waals surface area contributed by atoms with E-state index >= 15 is 4.79 Å². The van der Waals surface area contributed by atoms with Crippen molar-refractivity contribution in [3.63, 3.8) is 0 Å². The molecule has 4 aromatic carbocycles. The normalized spacial score (nSPS) is 23.6. The van der Waals surface area contributed by atoms with E-state index in [0.717, 1.165) is 4.90 Å². The standard InChI is InChI=1S/C78H99N11O21/c1-40(2)61(84-55(92)20-13-12-14-30-89-56(93)25-26-57(89)94)75(102)83-51(19-16-28-80-76(79)103)74(101)82-49-23-21-48(22-24-49)39-106-77(104)81-29-31-87-32-34-88(35-33-87)50-37-52(91)62-54(38-50)109-71-63(85-62)58-59-67(97)46(8)70-60(58)72(99)78(10,110-70)107-36-27-53(105-11)43(5)69(108-47(9)90)45(7)66(96)44(6)65(95)41(3)17-15-18-42(4)73(100)86-64(71)68(59)98/h15,17-18,21-27,36-38,40-41,43-45,51,53,61,65-66,69,95-97,99H,12-14,16,19-20,28-35,39H2,1-11H3,(H,81,104)(H,82,101)(H,83,102)(H,84,92)(H,86,100)(H3,79,80,103)/b17-15+,36-27+,42-18-/t41-,43+,44+,45+,51-,53-,61-,65-,66+,69+,78-/m0/s1. The van der Waals surface area contributed by atoms with Crippen molar-refractivity contribution in [2.45, 2.75) is 157 Å². The lowest BCUT2D eigenvalue weighted by Gasteiger charge is -2.38. The van der Waals surface area contributed by atoms with Gasteiger partial charge in [0.1, 0.15) is 47.5 Å². The van der Waals surface area contributed by atoms with Gasteiger partial charge in [0, 0.05) is 156 Å². The number of carbonyl (C=O) groups is 9. The molecule has 5 heterocycles. The number of amides is 9. The minimum absolute atomic E-state index is 0.000820. The molecule has 4 aliphatic heterocycles. The number of phenolic OH excluding ortho intramolecular Hbond substituents is 1. The Balaban J connectivity index is 0.855. The quantitative estimate of drug-likeness (QED) is 0.0126. The number of nitrogens with two attached hydrogens (primary N) is 1. The Morgan fingerprint density at radius 1 is 0.809 bits per heavy atom. The number of imide groups is 1. The lowest BCUT2D eigenvalue weighted by Crippen LogP contribution is -2.54. The van der Waals surface area contributed by atoms with E-state index in [4.69, 9.17) is 38.8 Å². The van der Waals surface area contributed by atoms with E-state index in [1.54, 1.807) is 84.0 Å². The SMILES string of the molecule is CO[C@H]1/C=C/O[C@@]2(C)Oc3c(C)c(O)c4c(=O)c(c5oc6cc(N7CCN(CCNC(=O)OCc8ccc(NC(=O)[C@H](CCCNC(N)=O)NC(=O)[C@@H](NC(=O)CCCCCN9C(=O)C=CC9=O)C(C)C)cc8)CC7)cc(=O)c6nc5c4c3=C2O)NC(=O)/C(C)=C\C=C\[C@H](C)[C@H](O)[C@@H](C)[C@@H](O)[C@@H](C)[C@H](OC(C)=O)[C@@H]1C. The summed E-state index contributed by atoms with van der Waals surface area (Å²) in [7, 11) is 1.42. The summed E-state index contributed by atoms with van der Waals surface area (Å²) in [5.74, 6) is -10.2. The number of phenols is 1. The number of carbonyl (C=O) groups excluding carboxylic acids is 9. The lowest BCUT2D eigenvalue weighted by atomic mass is 9.78. The van der Waals surface area contributed by atoms with E-state index in [1.807, 2.05) is 4.90 Å². The van der Waals surface area contributed by atoms with Crippen LogP contribution in [-0.2, 0) is 59.1 Å². The van der Waals surface area contributed by atoms with Crippen molar-refractivity contribution in [3.05, 3.63) is 121 Å². The van der Waals surface area contributed by atoms with Crippen LogP contribution in [0, 0.1) is 36.5 Å². The molecular weight excluding hydrogens is 1430 g/mol. The monoisotopic (exact) mass is 1530 g/mol. The predicted molar refractivity (Wildman–Crippen MR) is 407 cm³/mol. The molecule has 0 saturated carbocycles. The van der Waals surface area contributed by atoms with Crippen LogP contribution in [0.15, 0.2) is 98.7 Å². The first-order chi connectivity index (χ1) is 52.2. The van der Waals surface area contributed by atoms with Gasteiger partial charge in [-0.05, 0) is 69.2 Å². The first-order valence-electron chi connectivity index (χ1n) is 36.8. The van der Waals surface area contributed by atoms with Crippen molar-refractivity contribution < 1.29 is 91.7 Å². The third-order valence-electron chi connectivity index (χ3n) is 20.5. The summed E-state index contributed by atoms with van der Waals surface area (Å²) >= 11 is 0. The highest BCUT2D eigenvalue weighted by Gasteiger charge is 2.45. The van der Waals surface area contributed by atoms with Crippen LogP contribution >= 0.6 is 0 Å². The average molecular weight is 1530 g/mol. The van der Waals surface area contributed by atoms with Gasteiger partial charge in [-0.15, -0.1) is 0 Å². The molecule has 1 fully saturated rings. The van der Waals surface area contributed by atoms with Gasteiger partial charge >= 0.3 is 23.9 Å². The summed E-state index contributed by atoms with van der Waals surface area (Å²) in [6, 6.07) is 6.58. The second-order valence-electron chi connectivity index (χ2n) is 28.8. The highest BCUT2D eigenvalue weighted by molar-refractivity contribution is 6.17. The van der Waals surface area contributed by atoms with Crippen LogP contribution in [0.2, 0.25) is 0 Å². The number of aliphatic hydroxyl groups is 3. The number of aromatic nitrogens is 1. The molecular formula is C78H99N11O21. The van der Waals surface area contributed by atoms with Gasteiger partial charge in [-0.1, -0.05) is 78.3 Å². The van der Waals surface area contributed by atoms with Crippen molar-refractivity contribution in [1.82, 2.24) is 36.1 Å². The number of alkyl carbamates (subject to hydrolysis) is 1. The number of nitrogens with zero attached hydrogens (tertiary/aromatic N) is 4. The van der Waals surface area contributed by atoms with Gasteiger partial charge in [0.25, 0.3) is 17.7 Å². The van der Waals surface area contributed by atoms with Crippen LogP contribution in [0.4, 0.5) is 26.7 Å². The van der Waals surface area contributed by atoms with E-state index in [9.17, 15) is 68.4 Å². The summed E-state index contributed by atoms with van der Waals surface area (Å²) in [6.07, 6.45) is 6.84. The van der Waals surface area contributed by atoms with Crippen molar-refractivity contribution in [1.29, 1.82) is 0 Å². The Bertz CT molecular complexity index is 4630. The number of nitrogens with one attached hydrogen (secondary N) is 6. The molecule has 11 atom stereocenters. The fraction of sp³-hybridized carbons (Fsp3) is 0.487. The number of anilines is 3. The van der Waals surface area contributed by atoms with E-state index in [-0.39, 0.29) is 113 Å². The number of ether oxygens (including phenoxy) is 5. The Labute approximate surface area is 634 Å². The van der Waals surface area contributed by atoms with Crippen LogP contribution in [0.3, 0.4) is 0 Å². The van der Waals surface area contributed by atoms with Gasteiger partial charge in [-0.2, -0.15) is 0 Å². The van der Waals surface area contributed by atoms with Crippen molar-refractivity contribution in [3.8, 4) is 11.5 Å². The minimum Gasteiger partial charge on any atom is -0.507 e. The number of methoxy groups -OCH3 is 1. The number of urea groups is 1. The number of aromatic hydroxyl groups is 1. The molecule has 5 aromatic rings. The molecule has 1 aromatic heterocycles. The van der Waals surface area contributed by atoms with Crippen molar-refractivity contribution >= 4 is 109 Å². The highest BCUT2D eigenvalue weighted by atomic mass is 16.7. The van der Waals surface area contributed by atoms with Crippen LogP contribution in [-0.4, -0.2) is 191 Å². The van der Waals surface area contributed by atoms with Crippen molar-refractivity contribution in [2.75, 3.05) is 75.0 Å². The van der Waals surface area contributed by atoms with E-state index < -0.39 is 141 Å². The summed E-state index contributed by atoms with van der Waals surface area (Å²) in [5, 5.41) is 63.2. The Morgan fingerprint density at radius 3 is 2.17 bits per heavy atom. The zero-order valence-corrected chi connectivity index (χ0v) is 63.6. The van der Waals surface area contributed by atoms with Crippen LogP contribution in [0.5, 0.6) is 11.5 Å². The minimum atomic E-state index is -2.06. The molecule has 9 rings (SSSR count). The number of aliphatic hydroxyl groups excluding tert-OH is 3. The first kappa shape index (κ1) is 83.1. The second-order valence-corrected chi connectivity index (χ2v) is 28.8. The number of hydrogen-bond acceptors (Lipinski definition) is 24. The summed E-state index contributed by atoms with van der Waals surface area (Å²) in [5.41, 5.74) is 3.90. The Morgan fingerprint density at radius 2 is 1.51 bits per heavy atom. The fourth-order valence-electron chi connectivity index (χ4n) is 13.9. The number of hydrogen-bond donors (Lipinski definition) is 11. The topological polar surface area (TPSA) is 449 Å². The summed E-state index contributed by atoms with van der Waals surface area (Å²) in [4.78, 5) is 155. The number of piperazine rings is 1. The average Bonchev–Trinajstić information content (AvgIpc) is 1.44. The van der Waals surface area contributed by atoms with Gasteiger partial charge in [0.15, 0.2) is 22.4 Å². The number of unbranched alkanes of at least 4 members (excludes halogenated alkanes) is 2. The van der Waals surface area contributed by atoms with E-state index in [2.05, 4.69) is 36.8 Å². The Kier molecular flexibility index (Phi) is 27.6. The number of benzene rings is 4. The van der Waals surface area contributed by atoms with Crippen LogP contribution in [0.25, 0.3) is 38.7 Å². The molecule has 110 heavy (non-hydrogen) atoms. The summed E-state index contributed by atoms with van der Waals surface area (Å²) < 4.78 is 36.2. The Hall–Kier alpha value is -11.0. The van der Waals surface area contributed by atoms with Crippen LogP contribution in [0.1, 0.15) is 112 Å². The maximum atomic E-state index is 15.1. The molecule has 9 amide bonds. The van der Waals surface area contributed by atoms with E-state index in [1.165, 1.54) is 71.4 Å². The number of fused-ring (bicyclic) bond motifs is 2. The third-order valence-corrected chi connectivity index (χ3v) is 20.5. The van der Waals surface area contributed by atoms with Gasteiger partial charge in [0.2, 0.25) is 28.6 Å². The largest absolute Gasteiger partial charge is 0.507 e. The highest BCUT2D eigenvalue weighted by Crippen LogP contribution is 2.43. The molecule has 0 spiro atoms. The lowest BCUT2D eigenvalue weighted by molar-refractivity contribution is -0.160. The smallest absolute Gasteiger partial charge is 0.407 e. The number of allylic oxidation sites excluding steroid dienone is 2. The molecule has 12 N–H and O–H groups in total. The number of esters is 1. The molecule has 1 saturated heterocycles. The fourth-order valence-corrected chi connectivity index (χ4v) is 13.9. The molecule has 0 unspecified atom stereocenters. The maximum Gasteiger partial charge on any atom is 0.407 e. The molecule has 32 heteroatoms. The summed E-state index contributed by atoms with van der Waals surface area (Å²) in [6.45, 7) is 18.6. The van der Waals surface area contributed by atoms with Gasteiger partial charge in [0.05, 0.1) is 35.2 Å². The van der Waals surface area contributed by atoms with Crippen LogP contribution < -0.4 is 63.3 Å². The first-order valence-corrected chi connectivity index (χ1v) is 36.8. The molecule has 0 radical (unpaired) electrons. The van der Waals surface area contributed by atoms with Gasteiger partial charge in [-0.25, -0.2) is 14.6 Å². The maximum absolute atomic E-state index is 15.1.